The standard InChI is InChI=1S/C14H14Cl2N2O2/c1-9-4-3-5-10(2)13(9)20-7-6-18-14(19)12(16)11(15)8-17-18/h3-5,8H,6-7H2,1-2H3. The second-order valence-electron chi connectivity index (χ2n) is 4.40. The topological polar surface area (TPSA) is 44.1 Å². The zero-order valence-electron chi connectivity index (χ0n) is 11.2. The summed E-state index contributed by atoms with van der Waals surface area (Å²) < 4.78 is 6.96. The zero-order chi connectivity index (χ0) is 14.7. The molecule has 2 aromatic rings. The molecule has 20 heavy (non-hydrogen) atoms. The number of aryl methyl sites for hydroxylation is 2. The predicted octanol–water partition coefficient (Wildman–Crippen LogP) is 3.25. The van der Waals surface area contributed by atoms with Crippen LogP contribution >= 0.6 is 23.2 Å². The molecule has 0 amide bonds. The summed E-state index contributed by atoms with van der Waals surface area (Å²) >= 11 is 11.5. The minimum absolute atomic E-state index is 0.0197. The van der Waals surface area contributed by atoms with Crippen molar-refractivity contribution in [3.05, 3.63) is 55.9 Å². The number of para-hydroxylation sites is 1. The van der Waals surface area contributed by atoms with Crippen LogP contribution in [0, 0.1) is 13.8 Å². The van der Waals surface area contributed by atoms with E-state index in [-0.39, 0.29) is 10.0 Å². The number of halogens is 2. The molecule has 0 saturated carbocycles. The van der Waals surface area contributed by atoms with E-state index in [2.05, 4.69) is 5.10 Å². The molecule has 0 aliphatic heterocycles. The van der Waals surface area contributed by atoms with E-state index in [1.165, 1.54) is 10.9 Å². The smallest absolute Gasteiger partial charge is 0.287 e. The van der Waals surface area contributed by atoms with Crippen LogP contribution in [0.5, 0.6) is 5.75 Å². The van der Waals surface area contributed by atoms with Gasteiger partial charge >= 0.3 is 0 Å². The van der Waals surface area contributed by atoms with Crippen LogP contribution in [0.4, 0.5) is 0 Å². The Hall–Kier alpha value is -1.52. The third-order valence-electron chi connectivity index (χ3n) is 2.90. The van der Waals surface area contributed by atoms with Gasteiger partial charge < -0.3 is 4.74 Å². The van der Waals surface area contributed by atoms with Crippen LogP contribution in [0.15, 0.2) is 29.2 Å². The maximum Gasteiger partial charge on any atom is 0.287 e. The van der Waals surface area contributed by atoms with Crippen LogP contribution in [0.1, 0.15) is 11.1 Å². The minimum atomic E-state index is -0.413. The van der Waals surface area contributed by atoms with Gasteiger partial charge in [0.2, 0.25) is 0 Å². The maximum absolute atomic E-state index is 11.8. The maximum atomic E-state index is 11.8. The molecule has 0 bridgehead atoms. The lowest BCUT2D eigenvalue weighted by molar-refractivity contribution is 0.284. The number of aromatic nitrogens is 2. The van der Waals surface area contributed by atoms with E-state index >= 15 is 0 Å². The van der Waals surface area contributed by atoms with Gasteiger partial charge in [-0.3, -0.25) is 4.79 Å². The molecule has 0 saturated heterocycles. The van der Waals surface area contributed by atoms with Crippen molar-refractivity contribution in [2.24, 2.45) is 0 Å². The van der Waals surface area contributed by atoms with E-state index in [1.807, 2.05) is 32.0 Å². The number of nitrogens with zero attached hydrogens (tertiary/aromatic N) is 2. The minimum Gasteiger partial charge on any atom is -0.491 e. The first-order valence-electron chi connectivity index (χ1n) is 6.11. The fourth-order valence-electron chi connectivity index (χ4n) is 1.87. The molecule has 0 aliphatic rings. The molecule has 0 spiro atoms. The van der Waals surface area contributed by atoms with Crippen molar-refractivity contribution in [2.45, 2.75) is 20.4 Å². The average molecular weight is 313 g/mol. The first-order chi connectivity index (χ1) is 9.50. The molecule has 2 rings (SSSR count). The Morgan fingerprint density at radius 2 is 1.90 bits per heavy atom. The van der Waals surface area contributed by atoms with Crippen LogP contribution < -0.4 is 10.3 Å². The van der Waals surface area contributed by atoms with Gasteiger partial charge in [-0.25, -0.2) is 4.68 Å². The molecule has 0 radical (unpaired) electrons. The van der Waals surface area contributed by atoms with Gasteiger partial charge in [0.1, 0.15) is 17.4 Å². The normalized spacial score (nSPS) is 10.6. The fraction of sp³-hybridized carbons (Fsp3) is 0.286. The Bertz CT molecular complexity index is 663. The molecule has 6 heteroatoms. The molecule has 1 heterocycles. The van der Waals surface area contributed by atoms with Crippen molar-refractivity contribution >= 4 is 23.2 Å². The molecule has 4 nitrogen and oxygen atoms in total. The molecule has 106 valence electrons. The second-order valence-corrected chi connectivity index (χ2v) is 5.19. The Balaban J connectivity index is 2.07. The lowest BCUT2D eigenvalue weighted by Crippen LogP contribution is -2.26. The number of ether oxygens (including phenoxy) is 1. The van der Waals surface area contributed by atoms with E-state index in [0.717, 1.165) is 16.9 Å². The van der Waals surface area contributed by atoms with Gasteiger partial charge in [-0.15, -0.1) is 0 Å². The molecule has 0 fully saturated rings. The van der Waals surface area contributed by atoms with E-state index in [9.17, 15) is 4.79 Å². The van der Waals surface area contributed by atoms with Gasteiger partial charge in [0, 0.05) is 0 Å². The molecule has 1 aromatic heterocycles. The van der Waals surface area contributed by atoms with Crippen LogP contribution in [-0.2, 0) is 6.54 Å². The summed E-state index contributed by atoms with van der Waals surface area (Å²) in [4.78, 5) is 11.8. The Morgan fingerprint density at radius 1 is 1.25 bits per heavy atom. The quantitative estimate of drug-likeness (QED) is 0.870. The Labute approximate surface area is 126 Å². The van der Waals surface area contributed by atoms with E-state index in [0.29, 0.717) is 13.2 Å². The van der Waals surface area contributed by atoms with Gasteiger partial charge in [0.05, 0.1) is 17.8 Å². The van der Waals surface area contributed by atoms with Gasteiger partial charge in [-0.2, -0.15) is 5.10 Å². The van der Waals surface area contributed by atoms with Crippen molar-refractivity contribution in [1.29, 1.82) is 0 Å². The summed E-state index contributed by atoms with van der Waals surface area (Å²) in [5.74, 6) is 0.834. The third kappa shape index (κ3) is 3.14. The molecule has 1 aromatic carbocycles. The van der Waals surface area contributed by atoms with Crippen LogP contribution in [0.3, 0.4) is 0 Å². The molecule has 0 atom stereocenters. The molecular formula is C14H14Cl2N2O2. The number of rotatable bonds is 4. The lowest BCUT2D eigenvalue weighted by atomic mass is 10.1. The summed E-state index contributed by atoms with van der Waals surface area (Å²) in [7, 11) is 0. The van der Waals surface area contributed by atoms with Crippen molar-refractivity contribution in [3.63, 3.8) is 0 Å². The molecule has 0 aliphatic carbocycles. The van der Waals surface area contributed by atoms with Crippen LogP contribution in [0.25, 0.3) is 0 Å². The lowest BCUT2D eigenvalue weighted by Gasteiger charge is -2.12. The highest BCUT2D eigenvalue weighted by molar-refractivity contribution is 6.41. The summed E-state index contributed by atoms with van der Waals surface area (Å²) in [5, 5.41) is 4.06. The largest absolute Gasteiger partial charge is 0.491 e. The fourth-order valence-corrected chi connectivity index (χ4v) is 2.14. The Kier molecular flexibility index (Phi) is 4.68. The predicted molar refractivity (Wildman–Crippen MR) is 79.9 cm³/mol. The first-order valence-corrected chi connectivity index (χ1v) is 6.86. The summed E-state index contributed by atoms with van der Waals surface area (Å²) in [6.07, 6.45) is 1.35. The van der Waals surface area contributed by atoms with Crippen molar-refractivity contribution in [3.8, 4) is 5.75 Å². The van der Waals surface area contributed by atoms with Gasteiger partial charge in [-0.1, -0.05) is 41.4 Å². The highest BCUT2D eigenvalue weighted by Crippen LogP contribution is 2.22. The highest BCUT2D eigenvalue weighted by Gasteiger charge is 2.08. The number of benzene rings is 1. The number of hydrogen-bond acceptors (Lipinski definition) is 3. The Morgan fingerprint density at radius 3 is 2.55 bits per heavy atom. The van der Waals surface area contributed by atoms with Crippen molar-refractivity contribution < 1.29 is 4.74 Å². The van der Waals surface area contributed by atoms with Gasteiger partial charge in [0.15, 0.2) is 0 Å². The average Bonchev–Trinajstić information content (AvgIpc) is 2.42. The SMILES string of the molecule is Cc1cccc(C)c1OCCn1ncc(Cl)c(Cl)c1=O. The van der Waals surface area contributed by atoms with Crippen LogP contribution in [0.2, 0.25) is 10.0 Å². The van der Waals surface area contributed by atoms with E-state index < -0.39 is 5.56 Å². The van der Waals surface area contributed by atoms with E-state index in [4.69, 9.17) is 27.9 Å². The van der Waals surface area contributed by atoms with E-state index in [1.54, 1.807) is 0 Å². The van der Waals surface area contributed by atoms with Crippen molar-refractivity contribution in [2.75, 3.05) is 6.61 Å². The van der Waals surface area contributed by atoms with Crippen molar-refractivity contribution in [1.82, 2.24) is 9.78 Å². The number of hydrogen-bond donors (Lipinski definition) is 0. The monoisotopic (exact) mass is 312 g/mol. The van der Waals surface area contributed by atoms with Crippen LogP contribution in [-0.4, -0.2) is 16.4 Å². The second kappa shape index (κ2) is 6.29. The zero-order valence-corrected chi connectivity index (χ0v) is 12.7. The van der Waals surface area contributed by atoms with Gasteiger partial charge in [-0.05, 0) is 25.0 Å². The van der Waals surface area contributed by atoms with Gasteiger partial charge in [0.25, 0.3) is 5.56 Å². The summed E-state index contributed by atoms with van der Waals surface area (Å²) in [5.41, 5.74) is 1.70. The molecule has 0 unspecified atom stereocenters. The molecule has 0 N–H and O–H groups in total. The highest BCUT2D eigenvalue weighted by atomic mass is 35.5. The third-order valence-corrected chi connectivity index (χ3v) is 3.65. The summed E-state index contributed by atoms with van der Waals surface area (Å²) in [6, 6.07) is 5.93. The summed E-state index contributed by atoms with van der Waals surface area (Å²) in [6.45, 7) is 4.60. The molecular weight excluding hydrogens is 299 g/mol. The first kappa shape index (κ1) is 14.9.